The second-order valence-electron chi connectivity index (χ2n) is 7.30. The van der Waals surface area contributed by atoms with Crippen LogP contribution in [-0.2, 0) is 9.53 Å². The van der Waals surface area contributed by atoms with Gasteiger partial charge in [0.15, 0.2) is 0 Å². The maximum Gasteiger partial charge on any atom is 0.254 e. The first-order chi connectivity index (χ1) is 12.6. The highest BCUT2D eigenvalue weighted by atomic mass is 16.5. The molecule has 26 heavy (non-hydrogen) atoms. The van der Waals surface area contributed by atoms with Gasteiger partial charge >= 0.3 is 0 Å². The Morgan fingerprint density at radius 1 is 1.27 bits per heavy atom. The fourth-order valence-corrected chi connectivity index (χ4v) is 3.76. The van der Waals surface area contributed by atoms with E-state index in [1.54, 1.807) is 17.0 Å². The topological polar surface area (TPSA) is 70.7 Å². The zero-order valence-corrected chi connectivity index (χ0v) is 15.5. The van der Waals surface area contributed by atoms with E-state index in [9.17, 15) is 9.59 Å². The zero-order valence-electron chi connectivity index (χ0n) is 15.5. The first-order valence-electron chi connectivity index (χ1n) is 9.61. The lowest BCUT2D eigenvalue weighted by Crippen LogP contribution is -2.40. The molecule has 1 atom stereocenters. The van der Waals surface area contributed by atoms with Crippen LogP contribution in [0.5, 0.6) is 0 Å². The number of piperidine rings is 1. The number of anilines is 1. The van der Waals surface area contributed by atoms with Crippen molar-refractivity contribution in [2.75, 3.05) is 44.7 Å². The molecule has 2 aliphatic heterocycles. The predicted octanol–water partition coefficient (Wildman–Crippen LogP) is 2.12. The summed E-state index contributed by atoms with van der Waals surface area (Å²) < 4.78 is 5.29. The molecule has 1 aromatic carbocycles. The van der Waals surface area contributed by atoms with E-state index in [0.717, 1.165) is 25.9 Å². The molecule has 142 valence electrons. The van der Waals surface area contributed by atoms with E-state index in [1.807, 2.05) is 12.1 Å². The van der Waals surface area contributed by atoms with Crippen LogP contribution in [-0.4, -0.2) is 56.1 Å². The Morgan fingerprint density at radius 2 is 2.00 bits per heavy atom. The number of hydrogen-bond donors (Lipinski definition) is 2. The molecule has 0 saturated carbocycles. The van der Waals surface area contributed by atoms with E-state index in [4.69, 9.17) is 4.74 Å². The van der Waals surface area contributed by atoms with Gasteiger partial charge in [0.25, 0.3) is 5.91 Å². The first kappa shape index (κ1) is 18.9. The van der Waals surface area contributed by atoms with Crippen molar-refractivity contribution < 1.29 is 14.3 Å². The highest BCUT2D eigenvalue weighted by molar-refractivity contribution is 5.97. The monoisotopic (exact) mass is 359 g/mol. The van der Waals surface area contributed by atoms with Crippen molar-refractivity contribution in [2.45, 2.75) is 26.2 Å². The number of carbonyl (C=O) groups excluding carboxylic acids is 2. The molecule has 3 rings (SSSR count). The molecule has 1 aromatic rings. The lowest BCUT2D eigenvalue weighted by molar-refractivity contribution is -0.117. The molecule has 0 spiro atoms. The van der Waals surface area contributed by atoms with Crippen LogP contribution >= 0.6 is 0 Å². The van der Waals surface area contributed by atoms with Crippen LogP contribution in [0.4, 0.5) is 5.69 Å². The van der Waals surface area contributed by atoms with Crippen LogP contribution in [0.25, 0.3) is 0 Å². The maximum absolute atomic E-state index is 12.6. The predicted molar refractivity (Wildman–Crippen MR) is 101 cm³/mol. The molecular weight excluding hydrogens is 330 g/mol. The fourth-order valence-electron chi connectivity index (χ4n) is 3.76. The van der Waals surface area contributed by atoms with Crippen LogP contribution in [0, 0.1) is 11.8 Å². The van der Waals surface area contributed by atoms with E-state index in [-0.39, 0.29) is 11.8 Å². The quantitative estimate of drug-likeness (QED) is 0.845. The van der Waals surface area contributed by atoms with Gasteiger partial charge < -0.3 is 20.3 Å². The molecule has 2 heterocycles. The molecule has 2 fully saturated rings. The number of nitrogens with zero attached hydrogens (tertiary/aromatic N) is 1. The Labute approximate surface area is 155 Å². The van der Waals surface area contributed by atoms with Crippen LogP contribution in [0.2, 0.25) is 0 Å². The summed E-state index contributed by atoms with van der Waals surface area (Å²) in [6, 6.07) is 7.22. The Bertz CT molecular complexity index is 622. The van der Waals surface area contributed by atoms with Gasteiger partial charge in [0, 0.05) is 30.8 Å². The van der Waals surface area contributed by atoms with Crippen LogP contribution < -0.4 is 10.6 Å². The third-order valence-corrected chi connectivity index (χ3v) is 5.39. The highest BCUT2D eigenvalue weighted by Gasteiger charge is 2.22. The number of benzene rings is 1. The van der Waals surface area contributed by atoms with Crippen molar-refractivity contribution in [3.8, 4) is 0 Å². The van der Waals surface area contributed by atoms with Gasteiger partial charge in [0.1, 0.15) is 0 Å². The molecule has 0 aromatic heterocycles. The zero-order chi connectivity index (χ0) is 18.4. The van der Waals surface area contributed by atoms with Gasteiger partial charge in [0.05, 0.1) is 13.2 Å². The Balaban J connectivity index is 1.55. The minimum atomic E-state index is -0.00697. The molecule has 6 nitrogen and oxygen atoms in total. The summed E-state index contributed by atoms with van der Waals surface area (Å²) in [6.45, 7) is 6.64. The minimum Gasteiger partial charge on any atom is -0.378 e. The summed E-state index contributed by atoms with van der Waals surface area (Å²) in [6.07, 6.45) is 2.79. The molecule has 2 N–H and O–H groups in total. The summed E-state index contributed by atoms with van der Waals surface area (Å²) in [5.41, 5.74) is 1.29. The van der Waals surface area contributed by atoms with E-state index in [0.29, 0.717) is 55.8 Å². The lowest BCUT2D eigenvalue weighted by atomic mass is 9.84. The molecule has 0 bridgehead atoms. The number of morpholine rings is 1. The normalized spacial score (nSPS) is 19.8. The molecule has 0 radical (unpaired) electrons. The number of hydrogen-bond acceptors (Lipinski definition) is 4. The van der Waals surface area contributed by atoms with E-state index < -0.39 is 0 Å². The number of ether oxygens (including phenoxy) is 1. The molecule has 0 aliphatic carbocycles. The van der Waals surface area contributed by atoms with Gasteiger partial charge in [-0.15, -0.1) is 0 Å². The van der Waals surface area contributed by atoms with Crippen molar-refractivity contribution in [3.05, 3.63) is 29.8 Å². The van der Waals surface area contributed by atoms with E-state index >= 15 is 0 Å². The standard InChI is InChI=1S/C20H29N3O3/c1-15(16-5-7-21-8-6-16)13-19(24)22-18-4-2-3-17(14-18)20(25)23-9-11-26-12-10-23/h2-4,14-16,21H,5-13H2,1H3,(H,22,24). The lowest BCUT2D eigenvalue weighted by Gasteiger charge is -2.28. The van der Waals surface area contributed by atoms with Crippen LogP contribution in [0.1, 0.15) is 36.5 Å². The van der Waals surface area contributed by atoms with Gasteiger partial charge in [-0.25, -0.2) is 0 Å². The van der Waals surface area contributed by atoms with Gasteiger partial charge in [-0.05, 0) is 56.0 Å². The first-order valence-corrected chi connectivity index (χ1v) is 9.61. The molecule has 1 unspecified atom stereocenters. The summed E-state index contributed by atoms with van der Waals surface area (Å²) in [5, 5.41) is 6.32. The van der Waals surface area contributed by atoms with Gasteiger partial charge in [0.2, 0.25) is 5.91 Å². The molecule has 2 aliphatic rings. The molecule has 2 amide bonds. The summed E-state index contributed by atoms with van der Waals surface area (Å²) in [7, 11) is 0. The van der Waals surface area contributed by atoms with Crippen LogP contribution in [0.15, 0.2) is 24.3 Å². The largest absolute Gasteiger partial charge is 0.378 e. The number of amides is 2. The number of nitrogens with one attached hydrogen (secondary N) is 2. The van der Waals surface area contributed by atoms with Crippen LogP contribution in [0.3, 0.4) is 0 Å². The fraction of sp³-hybridized carbons (Fsp3) is 0.600. The van der Waals surface area contributed by atoms with Crippen molar-refractivity contribution >= 4 is 17.5 Å². The average molecular weight is 359 g/mol. The minimum absolute atomic E-state index is 0.00697. The third kappa shape index (κ3) is 5.05. The molecular formula is C20H29N3O3. The summed E-state index contributed by atoms with van der Waals surface area (Å²) in [5.74, 6) is 0.992. The maximum atomic E-state index is 12.6. The van der Waals surface area contributed by atoms with Crippen molar-refractivity contribution in [2.24, 2.45) is 11.8 Å². The number of rotatable bonds is 5. The smallest absolute Gasteiger partial charge is 0.254 e. The second kappa shape index (κ2) is 9.14. The van der Waals surface area contributed by atoms with E-state index in [1.165, 1.54) is 0 Å². The average Bonchev–Trinajstić information content (AvgIpc) is 2.69. The Kier molecular flexibility index (Phi) is 6.63. The van der Waals surface area contributed by atoms with Crippen molar-refractivity contribution in [3.63, 3.8) is 0 Å². The van der Waals surface area contributed by atoms with Gasteiger partial charge in [-0.2, -0.15) is 0 Å². The SMILES string of the molecule is CC(CC(=O)Nc1cccc(C(=O)N2CCOCC2)c1)C1CCNCC1. The van der Waals surface area contributed by atoms with Gasteiger partial charge in [-0.3, -0.25) is 9.59 Å². The second-order valence-corrected chi connectivity index (χ2v) is 7.30. The molecule has 6 heteroatoms. The van der Waals surface area contributed by atoms with Crippen molar-refractivity contribution in [1.29, 1.82) is 0 Å². The number of carbonyl (C=O) groups is 2. The molecule has 2 saturated heterocycles. The summed E-state index contributed by atoms with van der Waals surface area (Å²) in [4.78, 5) is 26.8. The van der Waals surface area contributed by atoms with E-state index in [2.05, 4.69) is 17.6 Å². The van der Waals surface area contributed by atoms with Crippen molar-refractivity contribution in [1.82, 2.24) is 10.2 Å². The Morgan fingerprint density at radius 3 is 2.73 bits per heavy atom. The summed E-state index contributed by atoms with van der Waals surface area (Å²) >= 11 is 0. The Hall–Kier alpha value is -1.92. The third-order valence-electron chi connectivity index (χ3n) is 5.39. The highest BCUT2D eigenvalue weighted by Crippen LogP contribution is 2.25. The van der Waals surface area contributed by atoms with Gasteiger partial charge in [-0.1, -0.05) is 13.0 Å².